The zero-order chi connectivity index (χ0) is 25.4. The van der Waals surface area contributed by atoms with E-state index < -0.39 is 0 Å². The molecule has 6 rings (SSSR count). The number of benzene rings is 2. The Balaban J connectivity index is 1.24. The monoisotopic (exact) mass is 551 g/mol. The molecule has 0 saturated carbocycles. The number of nitrogens with one attached hydrogen (secondary N) is 1. The fourth-order valence-corrected chi connectivity index (χ4v) is 6.74. The average molecular weight is 553 g/mol. The van der Waals surface area contributed by atoms with Crippen LogP contribution in [0.3, 0.4) is 0 Å². The summed E-state index contributed by atoms with van der Waals surface area (Å²) in [6, 6.07) is 15.4. The van der Waals surface area contributed by atoms with E-state index >= 15 is 0 Å². The van der Waals surface area contributed by atoms with Crippen molar-refractivity contribution in [2.75, 3.05) is 36.4 Å². The number of thiophene rings is 1. The highest BCUT2D eigenvalue weighted by atomic mass is 35.5. The van der Waals surface area contributed by atoms with Gasteiger partial charge in [0.1, 0.15) is 16.5 Å². The highest BCUT2D eigenvalue weighted by Gasteiger charge is 2.27. The Morgan fingerprint density at radius 1 is 0.946 bits per heavy atom. The molecule has 2 aromatic heterocycles. The SMILES string of the molecule is O=C(Nc1ccc(Cl)c(Cl)c1)N1CCN(c2nc(Cc3ccccc3)nc3sc4c(c23)CCCC4)CC1. The molecular weight excluding hydrogens is 525 g/mol. The molecule has 0 atom stereocenters. The molecule has 1 saturated heterocycles. The van der Waals surface area contributed by atoms with Crippen molar-refractivity contribution in [3.8, 4) is 0 Å². The Bertz CT molecular complexity index is 1450. The maximum Gasteiger partial charge on any atom is 0.321 e. The summed E-state index contributed by atoms with van der Waals surface area (Å²) in [7, 11) is 0. The Morgan fingerprint density at radius 3 is 2.51 bits per heavy atom. The number of aryl methyl sites for hydroxylation is 2. The van der Waals surface area contributed by atoms with E-state index in [4.69, 9.17) is 33.2 Å². The maximum absolute atomic E-state index is 12.9. The van der Waals surface area contributed by atoms with Crippen LogP contribution in [0.4, 0.5) is 16.3 Å². The second-order valence-corrected chi connectivity index (χ2v) is 11.4. The number of carbonyl (C=O) groups excluding carboxylic acids is 1. The summed E-state index contributed by atoms with van der Waals surface area (Å²) in [6.07, 6.45) is 5.39. The standard InChI is InChI=1S/C28H27Cl2N5OS/c29-21-11-10-19(17-22(21)30)31-28(36)35-14-12-34(13-15-35)26-25-20-8-4-5-9-23(20)37-27(25)33-24(32-26)16-18-6-2-1-3-7-18/h1-3,6-7,10-11,17H,4-5,8-9,12-16H2,(H,31,36). The van der Waals surface area contributed by atoms with Gasteiger partial charge in [-0.05, 0) is 55.0 Å². The Labute approximate surface area is 230 Å². The Morgan fingerprint density at radius 2 is 1.73 bits per heavy atom. The van der Waals surface area contributed by atoms with E-state index in [0.717, 1.165) is 42.4 Å². The number of aromatic nitrogens is 2. The zero-order valence-corrected chi connectivity index (χ0v) is 22.7. The first-order valence-corrected chi connectivity index (χ1v) is 14.2. The molecule has 9 heteroatoms. The van der Waals surface area contributed by atoms with Crippen LogP contribution in [0.1, 0.15) is 34.7 Å². The van der Waals surface area contributed by atoms with Crippen LogP contribution in [0.2, 0.25) is 10.0 Å². The zero-order valence-electron chi connectivity index (χ0n) is 20.3. The second-order valence-electron chi connectivity index (χ2n) is 9.55. The summed E-state index contributed by atoms with van der Waals surface area (Å²) in [5.41, 5.74) is 3.28. The summed E-state index contributed by atoms with van der Waals surface area (Å²) in [4.78, 5) is 29.8. The molecule has 2 amide bonds. The van der Waals surface area contributed by atoms with E-state index in [9.17, 15) is 4.79 Å². The lowest BCUT2D eigenvalue weighted by Crippen LogP contribution is -2.50. The third kappa shape index (κ3) is 5.13. The highest BCUT2D eigenvalue weighted by Crippen LogP contribution is 2.40. The van der Waals surface area contributed by atoms with Gasteiger partial charge in [0, 0.05) is 43.2 Å². The smallest absolute Gasteiger partial charge is 0.321 e. The molecule has 37 heavy (non-hydrogen) atoms. The normalized spacial score (nSPS) is 15.6. The number of carbonyl (C=O) groups is 1. The second kappa shape index (κ2) is 10.5. The minimum absolute atomic E-state index is 0.136. The Hall–Kier alpha value is -2.87. The van der Waals surface area contributed by atoms with E-state index in [0.29, 0.717) is 35.2 Å². The number of anilines is 2. The quantitative estimate of drug-likeness (QED) is 0.302. The maximum atomic E-state index is 12.9. The van der Waals surface area contributed by atoms with Gasteiger partial charge in [0.2, 0.25) is 0 Å². The van der Waals surface area contributed by atoms with Gasteiger partial charge in [0.25, 0.3) is 0 Å². The number of nitrogens with zero attached hydrogens (tertiary/aromatic N) is 4. The van der Waals surface area contributed by atoms with Gasteiger partial charge in [-0.3, -0.25) is 0 Å². The predicted molar refractivity (Wildman–Crippen MR) is 153 cm³/mol. The molecule has 2 aromatic carbocycles. The van der Waals surface area contributed by atoms with Crippen LogP contribution in [-0.2, 0) is 19.3 Å². The Kier molecular flexibility index (Phi) is 6.93. The number of piperazine rings is 1. The summed E-state index contributed by atoms with van der Waals surface area (Å²) >= 11 is 14.0. The van der Waals surface area contributed by atoms with Crippen molar-refractivity contribution >= 4 is 62.3 Å². The van der Waals surface area contributed by atoms with Crippen LogP contribution in [0.15, 0.2) is 48.5 Å². The molecule has 1 aliphatic heterocycles. The van der Waals surface area contributed by atoms with Crippen LogP contribution in [0, 0.1) is 0 Å². The first kappa shape index (κ1) is 24.5. The number of rotatable bonds is 4. The number of halogens is 2. The van der Waals surface area contributed by atoms with Gasteiger partial charge in [-0.25, -0.2) is 14.8 Å². The molecule has 2 aliphatic rings. The van der Waals surface area contributed by atoms with Gasteiger partial charge >= 0.3 is 6.03 Å². The topological polar surface area (TPSA) is 61.4 Å². The first-order chi connectivity index (χ1) is 18.0. The predicted octanol–water partition coefficient (Wildman–Crippen LogP) is 6.82. The lowest BCUT2D eigenvalue weighted by molar-refractivity contribution is 0.208. The number of urea groups is 1. The summed E-state index contributed by atoms with van der Waals surface area (Å²) in [6.45, 7) is 2.66. The molecule has 4 aromatic rings. The molecule has 1 aliphatic carbocycles. The van der Waals surface area contributed by atoms with E-state index in [2.05, 4.69) is 34.5 Å². The van der Waals surface area contributed by atoms with E-state index in [-0.39, 0.29) is 6.03 Å². The number of hydrogen-bond acceptors (Lipinski definition) is 5. The molecule has 190 valence electrons. The molecular formula is C28H27Cl2N5OS. The third-order valence-corrected chi connectivity index (χ3v) is 9.01. The number of amides is 2. The van der Waals surface area contributed by atoms with Crippen LogP contribution in [-0.4, -0.2) is 47.1 Å². The molecule has 0 radical (unpaired) electrons. The van der Waals surface area contributed by atoms with Crippen molar-refractivity contribution in [2.24, 2.45) is 0 Å². The molecule has 0 spiro atoms. The summed E-state index contributed by atoms with van der Waals surface area (Å²) in [5.74, 6) is 1.88. The van der Waals surface area contributed by atoms with Gasteiger partial charge in [0.15, 0.2) is 0 Å². The van der Waals surface area contributed by atoms with Crippen LogP contribution in [0.5, 0.6) is 0 Å². The lowest BCUT2D eigenvalue weighted by Gasteiger charge is -2.36. The van der Waals surface area contributed by atoms with E-state index in [1.54, 1.807) is 18.2 Å². The summed E-state index contributed by atoms with van der Waals surface area (Å²) < 4.78 is 0. The lowest BCUT2D eigenvalue weighted by atomic mass is 9.96. The third-order valence-electron chi connectivity index (χ3n) is 7.08. The molecule has 0 bridgehead atoms. The molecule has 6 nitrogen and oxygen atoms in total. The molecule has 1 N–H and O–H groups in total. The van der Waals surface area contributed by atoms with Crippen molar-refractivity contribution in [2.45, 2.75) is 32.1 Å². The van der Waals surface area contributed by atoms with Gasteiger partial charge < -0.3 is 15.1 Å². The molecule has 0 unspecified atom stereocenters. The van der Waals surface area contributed by atoms with Crippen molar-refractivity contribution in [3.05, 3.63) is 80.4 Å². The van der Waals surface area contributed by atoms with Gasteiger partial charge in [-0.2, -0.15) is 0 Å². The first-order valence-electron chi connectivity index (χ1n) is 12.7. The minimum atomic E-state index is -0.136. The van der Waals surface area contributed by atoms with E-state index in [1.165, 1.54) is 34.2 Å². The van der Waals surface area contributed by atoms with Crippen molar-refractivity contribution in [1.29, 1.82) is 0 Å². The van der Waals surface area contributed by atoms with Gasteiger partial charge in [0.05, 0.1) is 15.4 Å². The number of hydrogen-bond donors (Lipinski definition) is 1. The fourth-order valence-electron chi connectivity index (χ4n) is 5.17. The summed E-state index contributed by atoms with van der Waals surface area (Å²) in [5, 5.41) is 5.05. The minimum Gasteiger partial charge on any atom is -0.352 e. The van der Waals surface area contributed by atoms with Crippen LogP contribution >= 0.6 is 34.5 Å². The molecule has 3 heterocycles. The molecule has 1 fully saturated rings. The van der Waals surface area contributed by atoms with Crippen molar-refractivity contribution in [3.63, 3.8) is 0 Å². The van der Waals surface area contributed by atoms with E-state index in [1.807, 2.05) is 22.3 Å². The van der Waals surface area contributed by atoms with Gasteiger partial charge in [-0.15, -0.1) is 11.3 Å². The van der Waals surface area contributed by atoms with Crippen LogP contribution in [0.25, 0.3) is 10.2 Å². The van der Waals surface area contributed by atoms with Crippen molar-refractivity contribution in [1.82, 2.24) is 14.9 Å². The fraction of sp³-hybridized carbons (Fsp3) is 0.321. The highest BCUT2D eigenvalue weighted by molar-refractivity contribution is 7.19. The van der Waals surface area contributed by atoms with Crippen molar-refractivity contribution < 1.29 is 4.79 Å². The van der Waals surface area contributed by atoms with Gasteiger partial charge in [-0.1, -0.05) is 53.5 Å². The largest absolute Gasteiger partial charge is 0.352 e. The average Bonchev–Trinajstić information content (AvgIpc) is 3.29. The van der Waals surface area contributed by atoms with Crippen LogP contribution < -0.4 is 10.2 Å². The number of fused-ring (bicyclic) bond motifs is 3.